The van der Waals surface area contributed by atoms with Crippen molar-refractivity contribution in [1.29, 1.82) is 0 Å². The van der Waals surface area contributed by atoms with Crippen LogP contribution in [0.4, 0.5) is 0 Å². The van der Waals surface area contributed by atoms with Crippen LogP contribution in [-0.2, 0) is 0 Å². The van der Waals surface area contributed by atoms with Gasteiger partial charge >= 0.3 is 0 Å². The van der Waals surface area contributed by atoms with E-state index in [1.165, 1.54) is 6.42 Å². The third-order valence-corrected chi connectivity index (χ3v) is 1.50. The molecule has 0 fully saturated rings. The fourth-order valence-corrected chi connectivity index (χ4v) is 0.640. The molecule has 2 heteroatoms. The van der Waals surface area contributed by atoms with Crippen molar-refractivity contribution in [3.8, 4) is 0 Å². The molecule has 0 aliphatic heterocycles. The average molecular weight is 130 g/mol. The van der Waals surface area contributed by atoms with Gasteiger partial charge in [0, 0.05) is 6.04 Å². The molecule has 0 amide bonds. The summed E-state index contributed by atoms with van der Waals surface area (Å²) < 4.78 is 0. The molecule has 2 N–H and O–H groups in total. The van der Waals surface area contributed by atoms with Crippen molar-refractivity contribution in [3.05, 3.63) is 0 Å². The zero-order valence-electron chi connectivity index (χ0n) is 6.70. The molecule has 0 aromatic carbocycles. The fourth-order valence-electron chi connectivity index (χ4n) is 0.640. The van der Waals surface area contributed by atoms with Crippen LogP contribution in [0.15, 0.2) is 0 Å². The Bertz CT molecular complexity index is 54.9. The van der Waals surface area contributed by atoms with Crippen LogP contribution in [0, 0.1) is 0 Å². The SMILES string of the molecule is CCNCCC(C)NC. The molecule has 0 bridgehead atoms. The topological polar surface area (TPSA) is 24.1 Å². The normalized spacial score (nSPS) is 13.7. The predicted molar refractivity (Wildman–Crippen MR) is 41.7 cm³/mol. The van der Waals surface area contributed by atoms with E-state index in [0.29, 0.717) is 6.04 Å². The van der Waals surface area contributed by atoms with Gasteiger partial charge in [0.15, 0.2) is 0 Å². The van der Waals surface area contributed by atoms with E-state index in [0.717, 1.165) is 13.1 Å². The number of nitrogens with one attached hydrogen (secondary N) is 2. The first kappa shape index (κ1) is 8.92. The number of hydrogen-bond donors (Lipinski definition) is 2. The van der Waals surface area contributed by atoms with Crippen LogP contribution in [0.1, 0.15) is 20.3 Å². The Kier molecular flexibility index (Phi) is 5.99. The Morgan fingerprint density at radius 2 is 2.11 bits per heavy atom. The Morgan fingerprint density at radius 3 is 2.56 bits per heavy atom. The minimum absolute atomic E-state index is 0.643. The molecule has 1 unspecified atom stereocenters. The summed E-state index contributed by atoms with van der Waals surface area (Å²) in [5.74, 6) is 0. The largest absolute Gasteiger partial charge is 0.317 e. The lowest BCUT2D eigenvalue weighted by atomic mass is 10.2. The Balaban J connectivity index is 2.88. The van der Waals surface area contributed by atoms with Crippen LogP contribution in [0.5, 0.6) is 0 Å². The van der Waals surface area contributed by atoms with E-state index in [2.05, 4.69) is 24.5 Å². The molecular formula is C7H18N2. The summed E-state index contributed by atoms with van der Waals surface area (Å²) in [6.45, 7) is 6.52. The van der Waals surface area contributed by atoms with Gasteiger partial charge in [-0.15, -0.1) is 0 Å². The molecule has 0 rings (SSSR count). The molecule has 9 heavy (non-hydrogen) atoms. The quantitative estimate of drug-likeness (QED) is 0.532. The summed E-state index contributed by atoms with van der Waals surface area (Å²) >= 11 is 0. The van der Waals surface area contributed by atoms with Gasteiger partial charge in [0.25, 0.3) is 0 Å². The predicted octanol–water partition coefficient (Wildman–Crippen LogP) is 0.594. The number of hydrogen-bond acceptors (Lipinski definition) is 2. The van der Waals surface area contributed by atoms with Gasteiger partial charge in [0.05, 0.1) is 0 Å². The maximum atomic E-state index is 3.27. The van der Waals surface area contributed by atoms with Crippen LogP contribution in [0.25, 0.3) is 0 Å². The number of rotatable bonds is 5. The molecule has 0 aromatic heterocycles. The highest BCUT2D eigenvalue weighted by Gasteiger charge is 1.94. The van der Waals surface area contributed by atoms with E-state index in [4.69, 9.17) is 0 Å². The van der Waals surface area contributed by atoms with Crippen molar-refractivity contribution in [2.45, 2.75) is 26.3 Å². The lowest BCUT2D eigenvalue weighted by Crippen LogP contribution is -2.26. The molecule has 0 aliphatic carbocycles. The van der Waals surface area contributed by atoms with Crippen molar-refractivity contribution in [3.63, 3.8) is 0 Å². The van der Waals surface area contributed by atoms with Crippen molar-refractivity contribution in [2.75, 3.05) is 20.1 Å². The van der Waals surface area contributed by atoms with Gasteiger partial charge < -0.3 is 10.6 Å². The van der Waals surface area contributed by atoms with Crippen molar-refractivity contribution < 1.29 is 0 Å². The summed E-state index contributed by atoms with van der Waals surface area (Å²) in [5, 5.41) is 6.46. The summed E-state index contributed by atoms with van der Waals surface area (Å²) in [7, 11) is 2.00. The van der Waals surface area contributed by atoms with Gasteiger partial charge in [-0.25, -0.2) is 0 Å². The second-order valence-electron chi connectivity index (χ2n) is 2.33. The maximum absolute atomic E-state index is 3.27. The summed E-state index contributed by atoms with van der Waals surface area (Å²) in [4.78, 5) is 0. The Hall–Kier alpha value is -0.0800. The molecule has 0 aliphatic rings. The molecule has 0 saturated heterocycles. The Labute approximate surface area is 58.0 Å². The standard InChI is InChI=1S/C7H18N2/c1-4-9-6-5-7(2)8-3/h7-9H,4-6H2,1-3H3. The van der Waals surface area contributed by atoms with Gasteiger partial charge in [-0.2, -0.15) is 0 Å². The van der Waals surface area contributed by atoms with Crippen molar-refractivity contribution in [2.24, 2.45) is 0 Å². The first-order valence-electron chi connectivity index (χ1n) is 3.69. The third-order valence-electron chi connectivity index (χ3n) is 1.50. The van der Waals surface area contributed by atoms with Crippen LogP contribution in [-0.4, -0.2) is 26.2 Å². The highest BCUT2D eigenvalue weighted by Crippen LogP contribution is 1.84. The first-order chi connectivity index (χ1) is 4.31. The molecule has 56 valence electrons. The van der Waals surface area contributed by atoms with Gasteiger partial charge in [0.2, 0.25) is 0 Å². The molecule has 2 nitrogen and oxygen atoms in total. The second kappa shape index (κ2) is 6.05. The monoisotopic (exact) mass is 130 g/mol. The van der Waals surface area contributed by atoms with Crippen LogP contribution >= 0.6 is 0 Å². The molecule has 0 saturated carbocycles. The zero-order chi connectivity index (χ0) is 7.11. The van der Waals surface area contributed by atoms with Gasteiger partial charge in [-0.3, -0.25) is 0 Å². The van der Waals surface area contributed by atoms with E-state index < -0.39 is 0 Å². The van der Waals surface area contributed by atoms with E-state index in [9.17, 15) is 0 Å². The zero-order valence-corrected chi connectivity index (χ0v) is 6.70. The lowest BCUT2D eigenvalue weighted by molar-refractivity contribution is 0.536. The summed E-state index contributed by atoms with van der Waals surface area (Å²) in [5.41, 5.74) is 0. The van der Waals surface area contributed by atoms with Crippen LogP contribution in [0.3, 0.4) is 0 Å². The highest BCUT2D eigenvalue weighted by molar-refractivity contribution is 4.57. The molecule has 1 atom stereocenters. The van der Waals surface area contributed by atoms with E-state index >= 15 is 0 Å². The second-order valence-corrected chi connectivity index (χ2v) is 2.33. The fraction of sp³-hybridized carbons (Fsp3) is 1.00. The summed E-state index contributed by atoms with van der Waals surface area (Å²) in [6.07, 6.45) is 1.21. The molecular weight excluding hydrogens is 112 g/mol. The van der Waals surface area contributed by atoms with Crippen LogP contribution < -0.4 is 10.6 Å². The van der Waals surface area contributed by atoms with E-state index in [-0.39, 0.29) is 0 Å². The molecule has 0 heterocycles. The van der Waals surface area contributed by atoms with E-state index in [1.54, 1.807) is 0 Å². The van der Waals surface area contributed by atoms with Crippen molar-refractivity contribution in [1.82, 2.24) is 10.6 Å². The van der Waals surface area contributed by atoms with Gasteiger partial charge in [0.1, 0.15) is 0 Å². The third kappa shape index (κ3) is 5.80. The minimum Gasteiger partial charge on any atom is -0.317 e. The summed E-state index contributed by atoms with van der Waals surface area (Å²) in [6, 6.07) is 0.643. The van der Waals surface area contributed by atoms with Crippen LogP contribution in [0.2, 0.25) is 0 Å². The molecule has 0 spiro atoms. The highest BCUT2D eigenvalue weighted by atomic mass is 14.9. The van der Waals surface area contributed by atoms with E-state index in [1.807, 2.05) is 7.05 Å². The minimum atomic E-state index is 0.643. The smallest absolute Gasteiger partial charge is 0.00478 e. The van der Waals surface area contributed by atoms with Crippen molar-refractivity contribution >= 4 is 0 Å². The molecule has 0 aromatic rings. The Morgan fingerprint density at radius 1 is 1.44 bits per heavy atom. The molecule has 0 radical (unpaired) electrons. The maximum Gasteiger partial charge on any atom is 0.00478 e. The van der Waals surface area contributed by atoms with Gasteiger partial charge in [-0.1, -0.05) is 6.92 Å². The average Bonchev–Trinajstić information content (AvgIpc) is 1.89. The van der Waals surface area contributed by atoms with Gasteiger partial charge in [-0.05, 0) is 33.5 Å². The lowest BCUT2D eigenvalue weighted by Gasteiger charge is -2.08. The first-order valence-corrected chi connectivity index (χ1v) is 3.69.